The van der Waals surface area contributed by atoms with Crippen molar-refractivity contribution in [1.29, 1.82) is 0 Å². The van der Waals surface area contributed by atoms with Gasteiger partial charge in [0.2, 0.25) is 5.91 Å². The molecule has 2 saturated heterocycles. The third-order valence-corrected chi connectivity index (χ3v) is 9.44. The first-order valence-electron chi connectivity index (χ1n) is 15.4. The molecule has 1 saturated carbocycles. The Balaban J connectivity index is 1.14. The number of amides is 2. The minimum atomic E-state index is -5.04. The number of hydrogen-bond acceptors (Lipinski definition) is 9. The van der Waals surface area contributed by atoms with Crippen LogP contribution in [0.4, 0.5) is 30.6 Å². The van der Waals surface area contributed by atoms with E-state index in [0.29, 0.717) is 5.56 Å². The number of anilines is 3. The lowest BCUT2D eigenvalue weighted by Crippen LogP contribution is -2.49. The number of cyclic esters (lactones) is 1. The molecule has 1 unspecified atom stereocenters. The fraction of sp³-hybridized carbons (Fsp3) is 0.452. The van der Waals surface area contributed by atoms with E-state index in [1.807, 2.05) is 4.90 Å². The predicted molar refractivity (Wildman–Crippen MR) is 167 cm³/mol. The zero-order chi connectivity index (χ0) is 34.4. The third kappa shape index (κ3) is 7.41. The van der Waals surface area contributed by atoms with Gasteiger partial charge in [-0.2, -0.15) is 0 Å². The molecule has 3 heterocycles. The second-order valence-electron chi connectivity index (χ2n) is 12.4. The van der Waals surface area contributed by atoms with E-state index in [-0.39, 0.29) is 80.1 Å². The van der Waals surface area contributed by atoms with Crippen LogP contribution in [0.3, 0.4) is 0 Å². The third-order valence-electron chi connectivity index (χ3n) is 8.82. The number of phosphoric acid groups is 1. The molecule has 2 amide bonds. The molecule has 1 aliphatic carbocycles. The Kier molecular flexibility index (Phi) is 9.11. The molecule has 0 bridgehead atoms. The maximum atomic E-state index is 15.5. The van der Waals surface area contributed by atoms with Crippen molar-refractivity contribution in [2.75, 3.05) is 47.5 Å². The molecule has 4 aliphatic rings. The molecule has 2 aromatic rings. The maximum absolute atomic E-state index is 15.5. The van der Waals surface area contributed by atoms with E-state index in [1.165, 1.54) is 30.0 Å². The van der Waals surface area contributed by atoms with Crippen LogP contribution in [0.25, 0.3) is 0 Å². The van der Waals surface area contributed by atoms with E-state index in [0.717, 1.165) is 24.6 Å². The Morgan fingerprint density at radius 1 is 1.10 bits per heavy atom. The summed E-state index contributed by atoms with van der Waals surface area (Å²) in [6.45, 7) is 1.32. The Morgan fingerprint density at radius 3 is 2.46 bits per heavy atom. The van der Waals surface area contributed by atoms with Gasteiger partial charge in [-0.1, -0.05) is 0 Å². The van der Waals surface area contributed by atoms with Crippen molar-refractivity contribution >= 4 is 42.9 Å². The zero-order valence-corrected chi connectivity index (χ0v) is 26.8. The number of carbonyl (C=O) groups excluding carboxylic acids is 2. The van der Waals surface area contributed by atoms with E-state index in [4.69, 9.17) is 14.0 Å². The van der Waals surface area contributed by atoms with Gasteiger partial charge < -0.3 is 39.5 Å². The van der Waals surface area contributed by atoms with Crippen LogP contribution in [0.5, 0.6) is 5.75 Å². The lowest BCUT2D eigenvalue weighted by atomic mass is 9.91. The van der Waals surface area contributed by atoms with Crippen molar-refractivity contribution in [3.63, 3.8) is 0 Å². The molecule has 14 nitrogen and oxygen atoms in total. The largest absolute Gasteiger partial charge is 0.487 e. The normalized spacial score (nSPS) is 20.6. The topological polar surface area (TPSA) is 178 Å². The summed E-state index contributed by atoms with van der Waals surface area (Å²) in [7, 11) is -5.04. The Labute approximate surface area is 274 Å². The van der Waals surface area contributed by atoms with Crippen molar-refractivity contribution in [2.45, 2.75) is 56.8 Å². The molecule has 3 fully saturated rings. The zero-order valence-electron chi connectivity index (χ0n) is 25.9. The van der Waals surface area contributed by atoms with Crippen LogP contribution in [0.1, 0.15) is 38.2 Å². The number of benzene rings is 2. The molecule has 2 aromatic carbocycles. The summed E-state index contributed by atoms with van der Waals surface area (Å²) in [6.07, 6.45) is 2.12. The van der Waals surface area contributed by atoms with Gasteiger partial charge in [-0.3, -0.25) is 14.2 Å². The summed E-state index contributed by atoms with van der Waals surface area (Å²) in [6, 6.07) is 6.92. The highest BCUT2D eigenvalue weighted by Gasteiger charge is 2.43. The van der Waals surface area contributed by atoms with Gasteiger partial charge in [0, 0.05) is 50.4 Å². The van der Waals surface area contributed by atoms with Crippen LogP contribution in [0.2, 0.25) is 0 Å². The quantitative estimate of drug-likeness (QED) is 0.253. The number of piperidine rings is 1. The van der Waals surface area contributed by atoms with Crippen molar-refractivity contribution in [1.82, 2.24) is 5.32 Å². The van der Waals surface area contributed by atoms with E-state index < -0.39 is 49.8 Å². The number of aliphatic carboxylic acids is 1. The minimum absolute atomic E-state index is 0.000945. The predicted octanol–water partition coefficient (Wildman–Crippen LogP) is 3.45. The van der Waals surface area contributed by atoms with Crippen molar-refractivity contribution in [3.05, 3.63) is 59.3 Å². The number of fused-ring (bicyclic) bond motifs is 1. The summed E-state index contributed by atoms with van der Waals surface area (Å²) in [5.74, 6) is -2.99. The van der Waals surface area contributed by atoms with Gasteiger partial charge in [-0.05, 0) is 55.5 Å². The SMILES string of the molecule is CC(=O)NCC1CN(c2ccc(OCC3(OP(=O)(O)O)CCN(c4cc5c(cc4F)CC(C(=O)O)=CN5C4CC4)CC3)c(F)c2)C(=O)O1. The second kappa shape index (κ2) is 13.0. The lowest BCUT2D eigenvalue weighted by molar-refractivity contribution is -0.132. The van der Waals surface area contributed by atoms with Crippen LogP contribution in [0, 0.1) is 11.6 Å². The number of carboxylic acid groups (broad SMARTS) is 1. The molecule has 258 valence electrons. The van der Waals surface area contributed by atoms with E-state index >= 15 is 8.78 Å². The molecule has 0 aromatic heterocycles. The second-order valence-corrected chi connectivity index (χ2v) is 13.6. The van der Waals surface area contributed by atoms with Gasteiger partial charge >= 0.3 is 19.9 Å². The average Bonchev–Trinajstić information content (AvgIpc) is 3.79. The number of nitrogens with one attached hydrogen (secondary N) is 1. The molecule has 1 atom stereocenters. The molecule has 0 radical (unpaired) electrons. The van der Waals surface area contributed by atoms with E-state index in [9.17, 15) is 33.8 Å². The fourth-order valence-electron chi connectivity index (χ4n) is 6.24. The summed E-state index contributed by atoms with van der Waals surface area (Å²) < 4.78 is 58.8. The summed E-state index contributed by atoms with van der Waals surface area (Å²) >= 11 is 0. The molecule has 17 heteroatoms. The number of rotatable bonds is 11. The van der Waals surface area contributed by atoms with Gasteiger partial charge in [-0.25, -0.2) is 22.9 Å². The minimum Gasteiger partial charge on any atom is -0.487 e. The molecular weight excluding hydrogens is 657 g/mol. The summed E-state index contributed by atoms with van der Waals surface area (Å²) in [5, 5.41) is 12.1. The first-order chi connectivity index (χ1) is 22.7. The molecule has 6 rings (SSSR count). The standard InChI is InChI=1S/C31H35F2N4O10P/c1-18(38)34-14-23-16-37(30(41)46-23)22-4-5-28(25(33)12-22)45-17-31(47-48(42,43)44)6-8-35(9-7-31)27-13-26-19(11-24(27)32)10-20(29(39)40)15-36(26)21-2-3-21/h4-5,11-13,15,21,23H,2-3,6-10,14,16-17H2,1H3,(H,34,38)(H,39,40)(H2,42,43,44). The highest BCUT2D eigenvalue weighted by molar-refractivity contribution is 7.46. The Morgan fingerprint density at radius 2 is 1.83 bits per heavy atom. The number of nitrogens with zero attached hydrogens (tertiary/aromatic N) is 3. The molecule has 0 spiro atoms. The van der Waals surface area contributed by atoms with Crippen LogP contribution < -0.4 is 24.8 Å². The Hall–Kier alpha value is -4.24. The van der Waals surface area contributed by atoms with Crippen LogP contribution in [0.15, 0.2) is 42.1 Å². The number of hydrogen-bond donors (Lipinski definition) is 4. The van der Waals surface area contributed by atoms with Crippen molar-refractivity contribution in [3.8, 4) is 5.75 Å². The highest BCUT2D eigenvalue weighted by Crippen LogP contribution is 2.47. The van der Waals surface area contributed by atoms with Gasteiger partial charge in [0.15, 0.2) is 11.6 Å². The lowest BCUT2D eigenvalue weighted by Gasteiger charge is -2.42. The smallest absolute Gasteiger partial charge is 0.470 e. The van der Waals surface area contributed by atoms with Crippen molar-refractivity contribution < 1.29 is 56.6 Å². The highest BCUT2D eigenvalue weighted by atomic mass is 31.2. The van der Waals surface area contributed by atoms with Gasteiger partial charge in [0.1, 0.15) is 24.1 Å². The number of carboxylic acids is 1. The maximum Gasteiger partial charge on any atom is 0.470 e. The molecular formula is C31H35F2N4O10P. The number of halogens is 2. The van der Waals surface area contributed by atoms with Gasteiger partial charge in [-0.15, -0.1) is 0 Å². The molecule has 48 heavy (non-hydrogen) atoms. The number of carbonyl (C=O) groups is 3. The van der Waals surface area contributed by atoms with Crippen LogP contribution in [-0.4, -0.2) is 83.4 Å². The average molecular weight is 693 g/mol. The summed E-state index contributed by atoms with van der Waals surface area (Å²) in [5.41, 5.74) is 0.364. The number of ether oxygens (including phenoxy) is 2. The molecule has 4 N–H and O–H groups in total. The monoisotopic (exact) mass is 692 g/mol. The van der Waals surface area contributed by atoms with Crippen LogP contribution >= 0.6 is 7.82 Å². The molecule has 3 aliphatic heterocycles. The van der Waals surface area contributed by atoms with Gasteiger partial charge in [0.25, 0.3) is 0 Å². The first-order valence-corrected chi connectivity index (χ1v) is 16.9. The van der Waals surface area contributed by atoms with Crippen LogP contribution in [-0.2, 0) is 29.8 Å². The van der Waals surface area contributed by atoms with Crippen molar-refractivity contribution in [2.24, 2.45) is 0 Å². The Bertz CT molecular complexity index is 1710. The summed E-state index contributed by atoms with van der Waals surface area (Å²) in [4.78, 5) is 59.4. The first kappa shape index (κ1) is 33.7. The van der Waals surface area contributed by atoms with Gasteiger partial charge in [0.05, 0.1) is 30.0 Å². The van der Waals surface area contributed by atoms with E-state index in [1.54, 1.807) is 17.2 Å². The fourth-order valence-corrected chi connectivity index (χ4v) is 6.98. The number of phosphoric ester groups is 1. The van der Waals surface area contributed by atoms with E-state index in [2.05, 4.69) is 5.32 Å².